The summed E-state index contributed by atoms with van der Waals surface area (Å²) in [6.45, 7) is 7.52. The summed E-state index contributed by atoms with van der Waals surface area (Å²) in [5, 5.41) is 4.20. The lowest BCUT2D eigenvalue weighted by atomic mass is 9.79. The van der Waals surface area contributed by atoms with E-state index in [1.807, 2.05) is 0 Å². The van der Waals surface area contributed by atoms with E-state index in [9.17, 15) is 4.79 Å². The van der Waals surface area contributed by atoms with Gasteiger partial charge in [0.2, 0.25) is 5.91 Å². The van der Waals surface area contributed by atoms with Crippen molar-refractivity contribution >= 4 is 21.8 Å². The van der Waals surface area contributed by atoms with Gasteiger partial charge in [0.15, 0.2) is 0 Å². The third kappa shape index (κ3) is 5.92. The van der Waals surface area contributed by atoms with Crippen LogP contribution in [0.3, 0.4) is 0 Å². The zero-order chi connectivity index (χ0) is 15.7. The van der Waals surface area contributed by atoms with Crippen LogP contribution in [0.15, 0.2) is 0 Å². The maximum Gasteiger partial charge on any atom is 0.223 e. The molecule has 0 heterocycles. The second kappa shape index (κ2) is 9.86. The Morgan fingerprint density at radius 3 is 2.24 bits per heavy atom. The Labute approximate surface area is 140 Å². The first kappa shape index (κ1) is 19.0. The summed E-state index contributed by atoms with van der Waals surface area (Å²) in [6, 6.07) is 0. The average Bonchev–Trinajstić information content (AvgIpc) is 2.55. The molecule has 1 aliphatic carbocycles. The van der Waals surface area contributed by atoms with Crippen LogP contribution >= 0.6 is 15.9 Å². The molecule has 1 N–H and O–H groups in total. The van der Waals surface area contributed by atoms with Gasteiger partial charge in [0.05, 0.1) is 0 Å². The smallest absolute Gasteiger partial charge is 0.223 e. The second-order valence-electron chi connectivity index (χ2n) is 6.92. The lowest BCUT2D eigenvalue weighted by Gasteiger charge is -2.32. The fraction of sp³-hybridized carbons (Fsp3) is 0.944. The number of alkyl halides is 1. The largest absolute Gasteiger partial charge is 0.355 e. The highest BCUT2D eigenvalue weighted by molar-refractivity contribution is 9.09. The Morgan fingerprint density at radius 1 is 1.14 bits per heavy atom. The number of hydrogen-bond acceptors (Lipinski definition) is 1. The van der Waals surface area contributed by atoms with E-state index in [4.69, 9.17) is 0 Å². The van der Waals surface area contributed by atoms with Crippen LogP contribution in [-0.2, 0) is 4.79 Å². The van der Waals surface area contributed by atoms with Crippen LogP contribution in [0.2, 0.25) is 0 Å². The van der Waals surface area contributed by atoms with Crippen molar-refractivity contribution in [1.82, 2.24) is 5.32 Å². The van der Waals surface area contributed by atoms with E-state index in [1.54, 1.807) is 0 Å². The maximum absolute atomic E-state index is 12.4. The van der Waals surface area contributed by atoms with Gasteiger partial charge in [-0.15, -0.1) is 0 Å². The fourth-order valence-corrected chi connectivity index (χ4v) is 4.35. The lowest BCUT2D eigenvalue weighted by Crippen LogP contribution is -2.41. The number of rotatable bonds is 9. The van der Waals surface area contributed by atoms with Gasteiger partial charge in [-0.05, 0) is 49.9 Å². The molecular weight excluding hydrogens is 326 g/mol. The molecule has 3 heteroatoms. The topological polar surface area (TPSA) is 29.1 Å². The predicted octanol–water partition coefficient (Wildman–Crippen LogP) is 5.30. The maximum atomic E-state index is 12.4. The molecule has 0 aliphatic heterocycles. The van der Waals surface area contributed by atoms with Gasteiger partial charge in [-0.3, -0.25) is 4.79 Å². The lowest BCUT2D eigenvalue weighted by molar-refractivity contribution is -0.126. The molecule has 1 amide bonds. The molecule has 0 radical (unpaired) electrons. The molecule has 0 aromatic heterocycles. The van der Waals surface area contributed by atoms with E-state index in [0.717, 1.165) is 43.5 Å². The summed E-state index contributed by atoms with van der Waals surface area (Å²) in [4.78, 5) is 12.4. The number of carbonyl (C=O) groups is 1. The van der Waals surface area contributed by atoms with Crippen molar-refractivity contribution in [2.45, 2.75) is 78.6 Å². The van der Waals surface area contributed by atoms with E-state index >= 15 is 0 Å². The van der Waals surface area contributed by atoms with E-state index in [0.29, 0.717) is 5.91 Å². The van der Waals surface area contributed by atoms with Crippen LogP contribution in [0.1, 0.15) is 78.6 Å². The first-order valence-corrected chi connectivity index (χ1v) is 10.1. The van der Waals surface area contributed by atoms with Gasteiger partial charge in [-0.1, -0.05) is 56.0 Å². The third-order valence-corrected chi connectivity index (χ3v) is 6.79. The Bertz CT molecular complexity index is 285. The molecule has 124 valence electrons. The Kier molecular flexibility index (Phi) is 8.92. The summed E-state index contributed by atoms with van der Waals surface area (Å²) in [5.74, 6) is 1.45. The van der Waals surface area contributed by atoms with Gasteiger partial charge >= 0.3 is 0 Å². The van der Waals surface area contributed by atoms with E-state index < -0.39 is 0 Å². The monoisotopic (exact) mass is 359 g/mol. The second-order valence-corrected chi connectivity index (χ2v) is 7.48. The highest BCUT2D eigenvalue weighted by Gasteiger charge is 2.29. The molecule has 1 rings (SSSR count). The van der Waals surface area contributed by atoms with Gasteiger partial charge in [0, 0.05) is 17.8 Å². The number of unbranched alkanes of at least 4 members (excludes halogenated alkanes) is 1. The Hall–Kier alpha value is -0.0500. The molecule has 1 aliphatic rings. The van der Waals surface area contributed by atoms with Gasteiger partial charge in [-0.25, -0.2) is 0 Å². The minimum absolute atomic E-state index is 0.230. The molecule has 0 saturated heterocycles. The normalized spacial score (nSPS) is 23.0. The van der Waals surface area contributed by atoms with Crippen molar-refractivity contribution in [3.05, 3.63) is 0 Å². The highest BCUT2D eigenvalue weighted by Crippen LogP contribution is 2.32. The SMILES string of the molecule is CCCCC1CCC(C(=O)NCC(CC)(CC)CBr)CC1. The summed E-state index contributed by atoms with van der Waals surface area (Å²) in [7, 11) is 0. The molecule has 0 atom stereocenters. The third-order valence-electron chi connectivity index (χ3n) is 5.60. The number of nitrogens with one attached hydrogen (secondary N) is 1. The first-order chi connectivity index (χ1) is 10.1. The molecule has 0 aromatic carbocycles. The van der Waals surface area contributed by atoms with E-state index in [-0.39, 0.29) is 11.3 Å². The average molecular weight is 360 g/mol. The van der Waals surface area contributed by atoms with Gasteiger partial charge in [-0.2, -0.15) is 0 Å². The Balaban J connectivity index is 2.34. The zero-order valence-electron chi connectivity index (χ0n) is 14.2. The molecule has 0 bridgehead atoms. The van der Waals surface area contributed by atoms with Crippen LogP contribution in [0.25, 0.3) is 0 Å². The summed E-state index contributed by atoms with van der Waals surface area (Å²) in [5.41, 5.74) is 0.230. The number of carbonyl (C=O) groups excluding carboxylic acids is 1. The molecular formula is C18H34BrNO. The van der Waals surface area contributed by atoms with Crippen molar-refractivity contribution in [3.8, 4) is 0 Å². The zero-order valence-corrected chi connectivity index (χ0v) is 15.8. The van der Waals surface area contributed by atoms with Gasteiger partial charge in [0.1, 0.15) is 0 Å². The molecule has 1 saturated carbocycles. The van der Waals surface area contributed by atoms with Crippen molar-refractivity contribution in [2.24, 2.45) is 17.3 Å². The standard InChI is InChI=1S/C18H34BrNO/c1-4-7-8-15-9-11-16(12-10-15)17(21)20-14-18(5-2,6-3)13-19/h15-16H,4-14H2,1-3H3,(H,20,21). The fourth-order valence-electron chi connectivity index (χ4n) is 3.36. The van der Waals surface area contributed by atoms with Crippen molar-refractivity contribution in [1.29, 1.82) is 0 Å². The van der Waals surface area contributed by atoms with Crippen molar-refractivity contribution < 1.29 is 4.79 Å². The van der Waals surface area contributed by atoms with E-state index in [2.05, 4.69) is 42.0 Å². The highest BCUT2D eigenvalue weighted by atomic mass is 79.9. The Morgan fingerprint density at radius 2 is 1.76 bits per heavy atom. The molecule has 0 aromatic rings. The van der Waals surface area contributed by atoms with Gasteiger partial charge in [0.25, 0.3) is 0 Å². The van der Waals surface area contributed by atoms with Crippen LogP contribution in [-0.4, -0.2) is 17.8 Å². The summed E-state index contributed by atoms with van der Waals surface area (Å²) in [6.07, 6.45) is 10.9. The number of amides is 1. The number of hydrogen-bond donors (Lipinski definition) is 1. The molecule has 1 fully saturated rings. The minimum atomic E-state index is 0.230. The van der Waals surface area contributed by atoms with Crippen LogP contribution in [0.4, 0.5) is 0 Å². The van der Waals surface area contributed by atoms with Crippen molar-refractivity contribution in [2.75, 3.05) is 11.9 Å². The van der Waals surface area contributed by atoms with Crippen LogP contribution < -0.4 is 5.32 Å². The first-order valence-electron chi connectivity index (χ1n) is 8.94. The van der Waals surface area contributed by atoms with Crippen molar-refractivity contribution in [3.63, 3.8) is 0 Å². The van der Waals surface area contributed by atoms with E-state index in [1.165, 1.54) is 32.1 Å². The molecule has 0 unspecified atom stereocenters. The molecule has 21 heavy (non-hydrogen) atoms. The van der Waals surface area contributed by atoms with Crippen LogP contribution in [0.5, 0.6) is 0 Å². The molecule has 2 nitrogen and oxygen atoms in total. The van der Waals surface area contributed by atoms with Gasteiger partial charge < -0.3 is 5.32 Å². The number of halogens is 1. The quantitative estimate of drug-likeness (QED) is 0.556. The summed E-state index contributed by atoms with van der Waals surface area (Å²) < 4.78 is 0. The summed E-state index contributed by atoms with van der Waals surface area (Å²) >= 11 is 3.62. The molecule has 0 spiro atoms. The predicted molar refractivity (Wildman–Crippen MR) is 94.8 cm³/mol. The minimum Gasteiger partial charge on any atom is -0.355 e. The van der Waals surface area contributed by atoms with Crippen LogP contribution in [0, 0.1) is 17.3 Å².